The predicted molar refractivity (Wildman–Crippen MR) is 90.8 cm³/mol. The van der Waals surface area contributed by atoms with Crippen molar-refractivity contribution in [3.63, 3.8) is 0 Å². The van der Waals surface area contributed by atoms with Crippen LogP contribution in [0.25, 0.3) is 0 Å². The third-order valence-electron chi connectivity index (χ3n) is 3.81. The highest BCUT2D eigenvalue weighted by Crippen LogP contribution is 2.17. The molecule has 0 unspecified atom stereocenters. The minimum absolute atomic E-state index is 0.0200. The zero-order chi connectivity index (χ0) is 18.6. The average molecular weight is 367 g/mol. The highest BCUT2D eigenvalue weighted by molar-refractivity contribution is 7.90. The minimum atomic E-state index is -3.27. The van der Waals surface area contributed by atoms with Crippen molar-refractivity contribution in [2.24, 2.45) is 0 Å². The summed E-state index contributed by atoms with van der Waals surface area (Å²) in [6, 6.07) is 9.04. The number of carbonyl (C=O) groups is 1. The second-order valence-corrected chi connectivity index (χ2v) is 7.88. The van der Waals surface area contributed by atoms with Crippen LogP contribution in [0.5, 0.6) is 0 Å². The Labute approximate surface area is 145 Å². The van der Waals surface area contributed by atoms with Gasteiger partial charge in [0.2, 0.25) is 5.91 Å². The van der Waals surface area contributed by atoms with Gasteiger partial charge in [-0.25, -0.2) is 17.2 Å². The number of nitrogens with one attached hydrogen (secondary N) is 1. The highest BCUT2D eigenvalue weighted by Gasteiger charge is 2.13. The summed E-state index contributed by atoms with van der Waals surface area (Å²) in [5, 5.41) is 2.75. The SMILES string of the molecule is C[C@H](NC(=O)CCc1cc(F)ccc1F)c1ccc(S(C)(=O)=O)cc1. The first kappa shape index (κ1) is 19.1. The van der Waals surface area contributed by atoms with Gasteiger partial charge in [-0.2, -0.15) is 0 Å². The van der Waals surface area contributed by atoms with E-state index in [1.54, 1.807) is 19.1 Å². The molecular formula is C18H19F2NO3S. The van der Waals surface area contributed by atoms with Crippen LogP contribution in [0.2, 0.25) is 0 Å². The molecule has 4 nitrogen and oxygen atoms in total. The maximum Gasteiger partial charge on any atom is 0.220 e. The smallest absolute Gasteiger partial charge is 0.220 e. The van der Waals surface area contributed by atoms with Crippen LogP contribution in [-0.2, 0) is 21.1 Å². The molecule has 0 saturated heterocycles. The van der Waals surface area contributed by atoms with Crippen LogP contribution in [-0.4, -0.2) is 20.6 Å². The molecule has 0 heterocycles. The summed E-state index contributed by atoms with van der Waals surface area (Å²) in [6.07, 6.45) is 1.24. The van der Waals surface area contributed by atoms with Gasteiger partial charge in [0.1, 0.15) is 11.6 Å². The minimum Gasteiger partial charge on any atom is -0.350 e. The second kappa shape index (κ2) is 7.74. The fourth-order valence-electron chi connectivity index (χ4n) is 2.38. The molecule has 2 rings (SSSR count). The molecule has 0 saturated carbocycles. The van der Waals surface area contributed by atoms with Gasteiger partial charge < -0.3 is 5.32 Å². The predicted octanol–water partition coefficient (Wildman–Crippen LogP) is 3.18. The van der Waals surface area contributed by atoms with Gasteiger partial charge in [-0.05, 0) is 54.8 Å². The molecular weight excluding hydrogens is 348 g/mol. The number of carbonyl (C=O) groups excluding carboxylic acids is 1. The van der Waals surface area contributed by atoms with Crippen LogP contribution in [0.15, 0.2) is 47.4 Å². The summed E-state index contributed by atoms with van der Waals surface area (Å²) in [6.45, 7) is 1.76. The van der Waals surface area contributed by atoms with Crippen molar-refractivity contribution < 1.29 is 22.0 Å². The molecule has 7 heteroatoms. The Bertz CT molecular complexity index is 864. The van der Waals surface area contributed by atoms with E-state index in [0.717, 1.165) is 30.0 Å². The number of benzene rings is 2. The molecule has 1 N–H and O–H groups in total. The average Bonchev–Trinajstić information content (AvgIpc) is 2.55. The Morgan fingerprint density at radius 3 is 2.36 bits per heavy atom. The van der Waals surface area contributed by atoms with E-state index < -0.39 is 21.5 Å². The standard InChI is InChI=1S/C18H19F2NO3S/c1-12(13-3-7-16(8-4-13)25(2,23)24)21-18(22)10-5-14-11-15(19)6-9-17(14)20/h3-4,6-9,11-12H,5,10H2,1-2H3,(H,21,22)/t12-/m0/s1. The number of hydrogen-bond donors (Lipinski definition) is 1. The number of halogens is 2. The van der Waals surface area contributed by atoms with E-state index >= 15 is 0 Å². The Morgan fingerprint density at radius 1 is 1.12 bits per heavy atom. The van der Waals surface area contributed by atoms with Crippen LogP contribution < -0.4 is 5.32 Å². The summed E-state index contributed by atoms with van der Waals surface area (Å²) in [5.74, 6) is -1.39. The lowest BCUT2D eigenvalue weighted by Gasteiger charge is -2.15. The van der Waals surface area contributed by atoms with Crippen molar-refractivity contribution >= 4 is 15.7 Å². The van der Waals surface area contributed by atoms with Crippen molar-refractivity contribution in [1.29, 1.82) is 0 Å². The van der Waals surface area contributed by atoms with Gasteiger partial charge in [0.25, 0.3) is 0 Å². The lowest BCUT2D eigenvalue weighted by atomic mass is 10.1. The molecule has 0 spiro atoms. The Kier molecular flexibility index (Phi) is 5.89. The van der Waals surface area contributed by atoms with Gasteiger partial charge >= 0.3 is 0 Å². The molecule has 134 valence electrons. The topological polar surface area (TPSA) is 63.2 Å². The lowest BCUT2D eigenvalue weighted by Crippen LogP contribution is -2.26. The third kappa shape index (κ3) is 5.35. The van der Waals surface area contributed by atoms with Gasteiger partial charge in [0.05, 0.1) is 10.9 Å². The Morgan fingerprint density at radius 2 is 1.76 bits per heavy atom. The molecule has 1 amide bonds. The lowest BCUT2D eigenvalue weighted by molar-refractivity contribution is -0.121. The van der Waals surface area contributed by atoms with E-state index in [1.807, 2.05) is 0 Å². The zero-order valence-corrected chi connectivity index (χ0v) is 14.7. The van der Waals surface area contributed by atoms with Crippen LogP contribution in [0.3, 0.4) is 0 Å². The normalized spacial score (nSPS) is 12.6. The monoisotopic (exact) mass is 367 g/mol. The first-order valence-electron chi connectivity index (χ1n) is 7.70. The quantitative estimate of drug-likeness (QED) is 0.853. The fourth-order valence-corrected chi connectivity index (χ4v) is 3.01. The summed E-state index contributed by atoms with van der Waals surface area (Å²) in [4.78, 5) is 12.2. The Hall–Kier alpha value is -2.28. The van der Waals surface area contributed by atoms with E-state index in [2.05, 4.69) is 5.32 Å². The van der Waals surface area contributed by atoms with E-state index in [-0.39, 0.29) is 35.2 Å². The van der Waals surface area contributed by atoms with E-state index in [4.69, 9.17) is 0 Å². The summed E-state index contributed by atoms with van der Waals surface area (Å²) >= 11 is 0. The molecule has 25 heavy (non-hydrogen) atoms. The largest absolute Gasteiger partial charge is 0.350 e. The number of rotatable bonds is 6. The Balaban J connectivity index is 1.94. The number of hydrogen-bond acceptors (Lipinski definition) is 3. The highest BCUT2D eigenvalue weighted by atomic mass is 32.2. The second-order valence-electron chi connectivity index (χ2n) is 5.87. The van der Waals surface area contributed by atoms with Crippen LogP contribution in [0.4, 0.5) is 8.78 Å². The summed E-state index contributed by atoms with van der Waals surface area (Å²) in [7, 11) is -3.27. The molecule has 0 radical (unpaired) electrons. The molecule has 2 aromatic rings. The summed E-state index contributed by atoms with van der Waals surface area (Å²) < 4.78 is 49.5. The van der Waals surface area contributed by atoms with Crippen molar-refractivity contribution in [3.05, 3.63) is 65.2 Å². The fraction of sp³-hybridized carbons (Fsp3) is 0.278. The van der Waals surface area contributed by atoms with Gasteiger partial charge in [-0.15, -0.1) is 0 Å². The first-order valence-corrected chi connectivity index (χ1v) is 9.59. The maximum atomic E-state index is 13.5. The molecule has 0 fully saturated rings. The van der Waals surface area contributed by atoms with Crippen molar-refractivity contribution in [3.8, 4) is 0 Å². The molecule has 0 aliphatic heterocycles. The first-order chi connectivity index (χ1) is 11.7. The van der Waals surface area contributed by atoms with Crippen LogP contribution in [0, 0.1) is 11.6 Å². The summed E-state index contributed by atoms with van der Waals surface area (Å²) in [5.41, 5.74) is 0.901. The van der Waals surface area contributed by atoms with Crippen LogP contribution >= 0.6 is 0 Å². The number of sulfone groups is 1. The van der Waals surface area contributed by atoms with Gasteiger partial charge in [0, 0.05) is 12.7 Å². The molecule has 0 bridgehead atoms. The molecule has 0 aliphatic rings. The van der Waals surface area contributed by atoms with E-state index in [9.17, 15) is 22.0 Å². The van der Waals surface area contributed by atoms with E-state index in [0.29, 0.717) is 0 Å². The van der Waals surface area contributed by atoms with Gasteiger partial charge in [-0.1, -0.05) is 12.1 Å². The maximum absolute atomic E-state index is 13.5. The third-order valence-corrected chi connectivity index (χ3v) is 4.94. The number of amides is 1. The van der Waals surface area contributed by atoms with Gasteiger partial charge in [0.15, 0.2) is 9.84 Å². The van der Waals surface area contributed by atoms with Crippen molar-refractivity contribution in [1.82, 2.24) is 5.32 Å². The molecule has 0 aromatic heterocycles. The molecule has 2 aromatic carbocycles. The molecule has 0 aliphatic carbocycles. The van der Waals surface area contributed by atoms with Crippen molar-refractivity contribution in [2.75, 3.05) is 6.26 Å². The number of aryl methyl sites for hydroxylation is 1. The van der Waals surface area contributed by atoms with Crippen molar-refractivity contribution in [2.45, 2.75) is 30.7 Å². The van der Waals surface area contributed by atoms with Crippen LogP contribution in [0.1, 0.15) is 30.5 Å². The van der Waals surface area contributed by atoms with E-state index in [1.165, 1.54) is 12.1 Å². The molecule has 1 atom stereocenters. The zero-order valence-electron chi connectivity index (χ0n) is 13.9. The van der Waals surface area contributed by atoms with Gasteiger partial charge in [-0.3, -0.25) is 4.79 Å².